The molecule has 6 rings (SSSR count). The number of carbonyl (C=O) groups excluding carboxylic acids is 1. The molecule has 1 fully saturated rings. The number of rotatable bonds is 7. The van der Waals surface area contributed by atoms with Crippen LogP contribution in [0, 0.1) is 5.82 Å². The van der Waals surface area contributed by atoms with Crippen molar-refractivity contribution in [3.8, 4) is 22.8 Å². The second-order valence-corrected chi connectivity index (χ2v) is 13.0. The molecule has 1 aromatic heterocycles. The number of allylic oxidation sites excluding steroid dienone is 2. The third-order valence-electron chi connectivity index (χ3n) is 8.28. The lowest BCUT2D eigenvalue weighted by molar-refractivity contribution is -0.274. The number of halogens is 4. The van der Waals surface area contributed by atoms with Crippen molar-refractivity contribution in [3.05, 3.63) is 95.7 Å². The first-order valence-electron chi connectivity index (χ1n) is 15.7. The number of aromatic nitrogens is 3. The molecule has 4 aromatic rings. The molecule has 3 aromatic carbocycles. The van der Waals surface area contributed by atoms with Gasteiger partial charge < -0.3 is 15.0 Å². The van der Waals surface area contributed by atoms with Gasteiger partial charge in [-0.2, -0.15) is 4.99 Å². The molecule has 1 saturated heterocycles. The molecule has 8 nitrogen and oxygen atoms in total. The summed E-state index contributed by atoms with van der Waals surface area (Å²) in [6.07, 6.45) is 0.0570. The summed E-state index contributed by atoms with van der Waals surface area (Å²) in [6, 6.07) is 17.5. The van der Waals surface area contributed by atoms with Crippen LogP contribution in [-0.4, -0.2) is 44.1 Å². The van der Waals surface area contributed by atoms with Crippen LogP contribution in [0.15, 0.2) is 83.7 Å². The minimum atomic E-state index is -4.76. The van der Waals surface area contributed by atoms with E-state index in [1.807, 2.05) is 38.1 Å². The smallest absolute Gasteiger partial charge is 0.406 e. The van der Waals surface area contributed by atoms with Gasteiger partial charge in [-0.05, 0) is 97.7 Å². The summed E-state index contributed by atoms with van der Waals surface area (Å²) in [4.78, 5) is 24.3. The van der Waals surface area contributed by atoms with E-state index in [2.05, 4.69) is 37.0 Å². The van der Waals surface area contributed by atoms with E-state index in [0.29, 0.717) is 16.7 Å². The van der Waals surface area contributed by atoms with Crippen LogP contribution in [0.25, 0.3) is 22.6 Å². The highest BCUT2D eigenvalue weighted by Gasteiger charge is 2.31. The molecule has 0 spiro atoms. The Morgan fingerprint density at radius 3 is 2.48 bits per heavy atom. The number of benzene rings is 3. The topological polar surface area (TPSA) is 84.6 Å². The fourth-order valence-corrected chi connectivity index (χ4v) is 7.13. The van der Waals surface area contributed by atoms with Crippen molar-refractivity contribution < 1.29 is 27.1 Å². The van der Waals surface area contributed by atoms with Gasteiger partial charge in [0.25, 0.3) is 0 Å². The molecule has 0 radical (unpaired) electrons. The van der Waals surface area contributed by atoms with Crippen molar-refractivity contribution in [2.24, 2.45) is 4.99 Å². The molecular weight excluding hydrogens is 644 g/mol. The van der Waals surface area contributed by atoms with E-state index in [0.717, 1.165) is 65.1 Å². The molecule has 48 heavy (non-hydrogen) atoms. The quantitative estimate of drug-likeness (QED) is 0.196. The number of anilines is 1. The summed E-state index contributed by atoms with van der Waals surface area (Å²) in [5.41, 5.74) is 5.87. The lowest BCUT2D eigenvalue weighted by Crippen LogP contribution is -2.42. The first kappa shape index (κ1) is 33.3. The van der Waals surface area contributed by atoms with Crippen LogP contribution in [0.3, 0.4) is 0 Å². The van der Waals surface area contributed by atoms with Crippen molar-refractivity contribution in [1.82, 2.24) is 20.1 Å². The summed E-state index contributed by atoms with van der Waals surface area (Å²) in [5.74, 6) is 0.770. The Morgan fingerprint density at radius 2 is 1.77 bits per heavy atom. The first-order chi connectivity index (χ1) is 22.9. The molecular formula is C35H34F4N6O2S. The lowest BCUT2D eigenvalue weighted by atomic mass is 9.99. The van der Waals surface area contributed by atoms with Crippen LogP contribution in [0.5, 0.6) is 5.75 Å². The molecule has 1 aliphatic carbocycles. The zero-order valence-electron chi connectivity index (χ0n) is 26.6. The third kappa shape index (κ3) is 7.56. The lowest BCUT2D eigenvalue weighted by Gasteiger charge is -2.37. The molecule has 2 heterocycles. The van der Waals surface area contributed by atoms with Gasteiger partial charge in [-0.1, -0.05) is 49.9 Å². The van der Waals surface area contributed by atoms with Crippen LogP contribution in [0.1, 0.15) is 63.5 Å². The highest BCUT2D eigenvalue weighted by molar-refractivity contribution is 8.14. The number of nitrogens with one attached hydrogen (secondary N) is 1. The van der Waals surface area contributed by atoms with E-state index >= 15 is 0 Å². The summed E-state index contributed by atoms with van der Waals surface area (Å²) in [7, 11) is 0. The van der Waals surface area contributed by atoms with Gasteiger partial charge in [-0.25, -0.2) is 18.9 Å². The summed E-state index contributed by atoms with van der Waals surface area (Å²) >= 11 is 1.53. The standard InChI is InChI=1S/C35H34F4N6O2S/c1-21(2)29-19-25(36)11-16-31(29)45-22(3)17-18-48-34(45)42-33(46)41-30-6-4-5-28(30)23-7-9-24(10-8-23)32-40-20-44(43-32)26-12-14-27(15-13-26)47-35(37,38)39/h7-16,19-22H,4-6,17-18H2,1-3H3,(H,41,46). The number of amidine groups is 1. The SMILES string of the molecule is CC(C)c1cc(F)ccc1N1C(=NC(=O)NC2=C(c3ccc(-c4ncn(-c5ccc(OC(F)(F)F)cc5)n4)cc3)CCC2)SCCC1C. The highest BCUT2D eigenvalue weighted by atomic mass is 32.2. The molecule has 2 amide bonds. The Kier molecular flexibility index (Phi) is 9.58. The molecule has 250 valence electrons. The number of amides is 2. The van der Waals surface area contributed by atoms with Gasteiger partial charge in [-0.15, -0.1) is 18.3 Å². The number of aliphatic imine (C=N–C) groups is 1. The zero-order chi connectivity index (χ0) is 34.0. The summed E-state index contributed by atoms with van der Waals surface area (Å²) in [6.45, 7) is 6.14. The average molecular weight is 679 g/mol. The molecule has 1 unspecified atom stereocenters. The molecule has 1 aliphatic heterocycles. The Hall–Kier alpha value is -4.65. The zero-order valence-corrected chi connectivity index (χ0v) is 27.4. The molecule has 0 saturated carbocycles. The molecule has 2 aliphatic rings. The molecule has 0 bridgehead atoms. The van der Waals surface area contributed by atoms with Gasteiger partial charge in [0.2, 0.25) is 0 Å². The van der Waals surface area contributed by atoms with E-state index < -0.39 is 12.4 Å². The summed E-state index contributed by atoms with van der Waals surface area (Å²) < 4.78 is 57.0. The number of ether oxygens (including phenoxy) is 1. The number of alkyl halides is 3. The Morgan fingerprint density at radius 1 is 1.04 bits per heavy atom. The van der Waals surface area contributed by atoms with Crippen molar-refractivity contribution in [1.29, 1.82) is 0 Å². The van der Waals surface area contributed by atoms with E-state index in [1.165, 1.54) is 53.1 Å². The van der Waals surface area contributed by atoms with Gasteiger partial charge in [0, 0.05) is 28.7 Å². The maximum Gasteiger partial charge on any atom is 0.573 e. The predicted octanol–water partition coefficient (Wildman–Crippen LogP) is 9.09. The molecule has 1 N–H and O–H groups in total. The Bertz CT molecular complexity index is 1850. The monoisotopic (exact) mass is 678 g/mol. The average Bonchev–Trinajstić information content (AvgIpc) is 3.72. The molecule has 13 heteroatoms. The van der Waals surface area contributed by atoms with Crippen LogP contribution >= 0.6 is 11.8 Å². The van der Waals surface area contributed by atoms with E-state index in [-0.39, 0.29) is 23.5 Å². The van der Waals surface area contributed by atoms with Gasteiger partial charge >= 0.3 is 12.4 Å². The van der Waals surface area contributed by atoms with Gasteiger partial charge in [0.05, 0.1) is 5.69 Å². The van der Waals surface area contributed by atoms with E-state index in [1.54, 1.807) is 12.1 Å². The van der Waals surface area contributed by atoms with Gasteiger partial charge in [0.1, 0.15) is 17.9 Å². The Balaban J connectivity index is 1.17. The second-order valence-electron chi connectivity index (χ2n) is 12.0. The van der Waals surface area contributed by atoms with Crippen LogP contribution < -0.4 is 15.0 Å². The predicted molar refractivity (Wildman–Crippen MR) is 180 cm³/mol. The fourth-order valence-electron chi connectivity index (χ4n) is 5.93. The van der Waals surface area contributed by atoms with Crippen molar-refractivity contribution in [2.45, 2.75) is 64.8 Å². The minimum absolute atomic E-state index is 0.0940. The maximum absolute atomic E-state index is 14.1. The number of hydrogen-bond donors (Lipinski definition) is 1. The third-order valence-corrected chi connectivity index (χ3v) is 9.26. The number of urea groups is 1. The number of carbonyl (C=O) groups is 1. The normalized spacial score (nSPS) is 17.8. The minimum Gasteiger partial charge on any atom is -0.406 e. The van der Waals surface area contributed by atoms with Gasteiger partial charge in [0.15, 0.2) is 11.0 Å². The maximum atomic E-state index is 14.1. The fraction of sp³-hybridized carbons (Fsp3) is 0.314. The van der Waals surface area contributed by atoms with E-state index in [9.17, 15) is 22.4 Å². The van der Waals surface area contributed by atoms with Crippen molar-refractivity contribution in [3.63, 3.8) is 0 Å². The number of nitrogens with zero attached hydrogens (tertiary/aromatic N) is 5. The summed E-state index contributed by atoms with van der Waals surface area (Å²) in [5, 5.41) is 8.12. The van der Waals surface area contributed by atoms with Crippen LogP contribution in [-0.2, 0) is 0 Å². The first-order valence-corrected chi connectivity index (χ1v) is 16.7. The second kappa shape index (κ2) is 13.8. The van der Waals surface area contributed by atoms with E-state index in [4.69, 9.17) is 0 Å². The highest BCUT2D eigenvalue weighted by Crippen LogP contribution is 2.36. The Labute approximate surface area is 279 Å². The van der Waals surface area contributed by atoms with Crippen LogP contribution in [0.2, 0.25) is 0 Å². The van der Waals surface area contributed by atoms with Crippen LogP contribution in [0.4, 0.5) is 28.0 Å². The van der Waals surface area contributed by atoms with Crippen molar-refractivity contribution >= 4 is 34.2 Å². The molecule has 1 atom stereocenters. The van der Waals surface area contributed by atoms with Gasteiger partial charge in [-0.3, -0.25) is 0 Å². The number of thioether (sulfide) groups is 1. The van der Waals surface area contributed by atoms with Crippen molar-refractivity contribution in [2.75, 3.05) is 10.7 Å². The largest absolute Gasteiger partial charge is 0.573 e. The number of hydrogen-bond acceptors (Lipinski definition) is 5.